The van der Waals surface area contributed by atoms with E-state index in [0.29, 0.717) is 11.4 Å². The molecule has 4 heteroatoms. The molecular weight excluding hydrogens is 305 g/mol. The first-order valence-corrected chi connectivity index (χ1v) is 7.67. The summed E-state index contributed by atoms with van der Waals surface area (Å²) in [5.74, 6) is 0. The van der Waals surface area contributed by atoms with Gasteiger partial charge in [-0.15, -0.1) is 0 Å². The molecule has 0 bridgehead atoms. The van der Waals surface area contributed by atoms with E-state index >= 15 is 0 Å². The second-order valence-corrected chi connectivity index (χ2v) is 6.04. The van der Waals surface area contributed by atoms with Gasteiger partial charge in [0, 0.05) is 23.1 Å². The smallest absolute Gasteiger partial charge is 0.0816 e. The molecule has 0 spiro atoms. The highest BCUT2D eigenvalue weighted by Gasteiger charge is 2.12. The molecule has 0 radical (unpaired) electrons. The third kappa shape index (κ3) is 5.01. The van der Waals surface area contributed by atoms with Crippen molar-refractivity contribution in [1.82, 2.24) is 4.90 Å². The maximum atomic E-state index is 10.2. The van der Waals surface area contributed by atoms with Crippen LogP contribution in [0.15, 0.2) is 48.5 Å². The largest absolute Gasteiger partial charge is 0.388 e. The van der Waals surface area contributed by atoms with Crippen molar-refractivity contribution in [3.63, 3.8) is 0 Å². The van der Waals surface area contributed by atoms with Crippen LogP contribution in [0.25, 0.3) is 0 Å². The van der Waals surface area contributed by atoms with Gasteiger partial charge >= 0.3 is 0 Å². The lowest BCUT2D eigenvalue weighted by Gasteiger charge is -2.19. The van der Waals surface area contributed by atoms with Crippen molar-refractivity contribution in [3.05, 3.63) is 69.7 Å². The topological polar surface area (TPSA) is 23.5 Å². The Bertz CT molecular complexity index is 589. The zero-order chi connectivity index (χ0) is 15.2. The fraction of sp³-hybridized carbons (Fsp3) is 0.294. The number of nitrogens with zero attached hydrogens (tertiary/aromatic N) is 1. The van der Waals surface area contributed by atoms with Gasteiger partial charge in [0.05, 0.1) is 6.10 Å². The molecule has 0 amide bonds. The summed E-state index contributed by atoms with van der Waals surface area (Å²) in [6, 6.07) is 15.2. The van der Waals surface area contributed by atoms with Crippen LogP contribution in [-0.4, -0.2) is 23.6 Å². The zero-order valence-corrected chi connectivity index (χ0v) is 13.5. The Hall–Kier alpha value is -1.06. The summed E-state index contributed by atoms with van der Waals surface area (Å²) in [4.78, 5) is 2.16. The van der Waals surface area contributed by atoms with Gasteiger partial charge in [-0.25, -0.2) is 0 Å². The molecule has 0 saturated carbocycles. The number of hydrogen-bond acceptors (Lipinski definition) is 2. The fourth-order valence-corrected chi connectivity index (χ4v) is 2.74. The Labute approximate surface area is 135 Å². The third-order valence-electron chi connectivity index (χ3n) is 3.39. The van der Waals surface area contributed by atoms with E-state index < -0.39 is 6.10 Å². The van der Waals surface area contributed by atoms with Crippen molar-refractivity contribution in [2.45, 2.75) is 19.1 Å². The average Bonchev–Trinajstić information content (AvgIpc) is 2.45. The minimum atomic E-state index is -0.541. The lowest BCUT2D eigenvalue weighted by molar-refractivity contribution is 0.148. The second-order valence-electron chi connectivity index (χ2n) is 5.19. The summed E-state index contributed by atoms with van der Waals surface area (Å²) in [6.07, 6.45) is 0.0985. The maximum Gasteiger partial charge on any atom is 0.0816 e. The van der Waals surface area contributed by atoms with E-state index in [4.69, 9.17) is 23.2 Å². The molecule has 0 saturated heterocycles. The fourth-order valence-electron chi connectivity index (χ4n) is 2.27. The Balaban J connectivity index is 1.86. The van der Waals surface area contributed by atoms with E-state index in [-0.39, 0.29) is 0 Å². The molecule has 0 heterocycles. The van der Waals surface area contributed by atoms with E-state index in [1.54, 1.807) is 6.07 Å². The number of aliphatic hydroxyl groups excluding tert-OH is 1. The van der Waals surface area contributed by atoms with Crippen LogP contribution >= 0.6 is 23.2 Å². The van der Waals surface area contributed by atoms with E-state index in [2.05, 4.69) is 4.90 Å². The Morgan fingerprint density at radius 1 is 1.10 bits per heavy atom. The van der Waals surface area contributed by atoms with Gasteiger partial charge < -0.3 is 10.0 Å². The molecule has 1 N–H and O–H groups in total. The Kier molecular flexibility index (Phi) is 6.07. The normalized spacial score (nSPS) is 12.6. The zero-order valence-electron chi connectivity index (χ0n) is 12.0. The van der Waals surface area contributed by atoms with Gasteiger partial charge in [-0.05, 0) is 42.8 Å². The van der Waals surface area contributed by atoms with Crippen LogP contribution in [0.2, 0.25) is 10.0 Å². The van der Waals surface area contributed by atoms with Gasteiger partial charge in [0.15, 0.2) is 0 Å². The first-order chi connectivity index (χ1) is 10.1. The summed E-state index contributed by atoms with van der Waals surface area (Å²) in [7, 11) is 2.03. The summed E-state index contributed by atoms with van der Waals surface area (Å²) in [6.45, 7) is 1.58. The summed E-state index contributed by atoms with van der Waals surface area (Å²) in [5, 5.41) is 11.6. The molecule has 2 rings (SSSR count). The van der Waals surface area contributed by atoms with Gasteiger partial charge in [-0.1, -0.05) is 53.5 Å². The van der Waals surface area contributed by atoms with Crippen molar-refractivity contribution in [1.29, 1.82) is 0 Å². The number of halogens is 2. The monoisotopic (exact) mass is 323 g/mol. The Morgan fingerprint density at radius 2 is 1.86 bits per heavy atom. The van der Waals surface area contributed by atoms with Gasteiger partial charge in [0.25, 0.3) is 0 Å². The van der Waals surface area contributed by atoms with Crippen LogP contribution < -0.4 is 0 Å². The number of benzene rings is 2. The van der Waals surface area contributed by atoms with Crippen molar-refractivity contribution < 1.29 is 5.11 Å². The quantitative estimate of drug-likeness (QED) is 0.843. The minimum Gasteiger partial charge on any atom is -0.388 e. The van der Waals surface area contributed by atoms with Gasteiger partial charge in [-0.3, -0.25) is 0 Å². The van der Waals surface area contributed by atoms with Crippen molar-refractivity contribution in [2.24, 2.45) is 0 Å². The molecule has 2 nitrogen and oxygen atoms in total. The van der Waals surface area contributed by atoms with Crippen LogP contribution in [0.5, 0.6) is 0 Å². The lowest BCUT2D eigenvalue weighted by Crippen LogP contribution is -2.21. The van der Waals surface area contributed by atoms with Crippen molar-refractivity contribution in [3.8, 4) is 0 Å². The summed E-state index contributed by atoms with van der Waals surface area (Å²) < 4.78 is 0. The molecule has 0 aromatic heterocycles. The van der Waals surface area contributed by atoms with E-state index in [1.807, 2.05) is 49.5 Å². The van der Waals surface area contributed by atoms with Crippen LogP contribution in [0.3, 0.4) is 0 Å². The Morgan fingerprint density at radius 3 is 2.57 bits per heavy atom. The first-order valence-electron chi connectivity index (χ1n) is 6.92. The first kappa shape index (κ1) is 16.3. The number of aliphatic hydroxyl groups is 1. The van der Waals surface area contributed by atoms with Crippen molar-refractivity contribution in [2.75, 3.05) is 13.6 Å². The highest BCUT2D eigenvalue weighted by atomic mass is 35.5. The van der Waals surface area contributed by atoms with E-state index in [0.717, 1.165) is 29.2 Å². The van der Waals surface area contributed by atoms with Gasteiger partial charge in [0.1, 0.15) is 0 Å². The second kappa shape index (κ2) is 7.81. The molecule has 0 fully saturated rings. The van der Waals surface area contributed by atoms with E-state index in [1.165, 1.54) is 0 Å². The number of hydrogen-bond donors (Lipinski definition) is 1. The molecule has 1 atom stereocenters. The highest BCUT2D eigenvalue weighted by molar-refractivity contribution is 6.31. The van der Waals surface area contributed by atoms with Crippen LogP contribution in [0.4, 0.5) is 0 Å². The lowest BCUT2D eigenvalue weighted by atomic mass is 10.1. The van der Waals surface area contributed by atoms with Crippen LogP contribution in [-0.2, 0) is 6.54 Å². The van der Waals surface area contributed by atoms with Gasteiger partial charge in [0.2, 0.25) is 0 Å². The molecular formula is C17H19Cl2NO. The third-order valence-corrected chi connectivity index (χ3v) is 3.97. The standard InChI is InChI=1S/C17H19Cl2NO/c1-20(12-13-5-4-6-14(18)11-13)10-9-17(21)15-7-2-3-8-16(15)19/h2-8,11,17,21H,9-10,12H2,1H3. The SMILES string of the molecule is CN(CCC(O)c1ccccc1Cl)Cc1cccc(Cl)c1. The predicted octanol–water partition coefficient (Wildman–Crippen LogP) is 4.55. The van der Waals surface area contributed by atoms with Crippen LogP contribution in [0, 0.1) is 0 Å². The van der Waals surface area contributed by atoms with Gasteiger partial charge in [-0.2, -0.15) is 0 Å². The molecule has 21 heavy (non-hydrogen) atoms. The summed E-state index contributed by atoms with van der Waals surface area (Å²) in [5.41, 5.74) is 1.95. The number of rotatable bonds is 6. The molecule has 0 aliphatic heterocycles. The molecule has 0 aliphatic rings. The molecule has 1 unspecified atom stereocenters. The summed E-state index contributed by atoms with van der Waals surface area (Å²) >= 11 is 12.1. The highest BCUT2D eigenvalue weighted by Crippen LogP contribution is 2.25. The predicted molar refractivity (Wildman–Crippen MR) is 88.8 cm³/mol. The van der Waals surface area contributed by atoms with E-state index in [9.17, 15) is 5.11 Å². The molecule has 0 aliphatic carbocycles. The molecule has 2 aromatic rings. The van der Waals surface area contributed by atoms with Crippen molar-refractivity contribution >= 4 is 23.2 Å². The average molecular weight is 324 g/mol. The maximum absolute atomic E-state index is 10.2. The molecule has 2 aromatic carbocycles. The minimum absolute atomic E-state index is 0.541. The van der Waals surface area contributed by atoms with Crippen LogP contribution in [0.1, 0.15) is 23.7 Å². The molecule has 112 valence electrons.